The van der Waals surface area contributed by atoms with Crippen LogP contribution in [-0.2, 0) is 37.8 Å². The number of nitriles is 2. The minimum absolute atomic E-state index is 0.0970. The smallest absolute Gasteiger partial charge is 0.216 e. The van der Waals surface area contributed by atoms with E-state index in [1.165, 1.54) is 19.3 Å². The lowest BCUT2D eigenvalue weighted by Crippen LogP contribution is -2.30. The van der Waals surface area contributed by atoms with Gasteiger partial charge in [0, 0.05) is 80.2 Å². The van der Waals surface area contributed by atoms with Crippen LogP contribution < -0.4 is 29.6 Å². The van der Waals surface area contributed by atoms with Crippen molar-refractivity contribution in [2.75, 3.05) is 13.1 Å². The molecule has 310 valence electrons. The molecule has 0 fully saturated rings. The second kappa shape index (κ2) is 21.1. The highest BCUT2D eigenvalue weighted by atomic mass is 35.5. The number of rotatable bonds is 18. The summed E-state index contributed by atoms with van der Waals surface area (Å²) in [5.41, 5.74) is 10.3. The average molecular weight is 856 g/mol. The Kier molecular flexibility index (Phi) is 15.2. The summed E-state index contributed by atoms with van der Waals surface area (Å²) >= 11 is 13.5. The fraction of sp³-hybridized carbons (Fsp3) is 0.229. The maximum absolute atomic E-state index is 11.3. The third-order valence-corrected chi connectivity index (χ3v) is 10.5. The van der Waals surface area contributed by atoms with Crippen LogP contribution in [0.4, 0.5) is 0 Å². The Morgan fingerprint density at radius 3 is 1.67 bits per heavy atom. The van der Waals surface area contributed by atoms with Gasteiger partial charge in [0.1, 0.15) is 61.6 Å². The van der Waals surface area contributed by atoms with Crippen LogP contribution in [0.15, 0.2) is 97.6 Å². The van der Waals surface area contributed by atoms with E-state index in [-0.39, 0.29) is 32.3 Å². The molecular formula is C48H44Cl2N6O5. The first-order chi connectivity index (χ1) is 29.5. The van der Waals surface area contributed by atoms with Crippen molar-refractivity contribution in [1.29, 1.82) is 10.5 Å². The number of carbonyl (C=O) groups excluding carboxylic acids is 1. The van der Waals surface area contributed by atoms with Crippen LogP contribution in [0.3, 0.4) is 0 Å². The Bertz CT molecular complexity index is 2620. The molecule has 2 aromatic heterocycles. The van der Waals surface area contributed by atoms with Gasteiger partial charge < -0.3 is 29.6 Å². The maximum Gasteiger partial charge on any atom is 0.216 e. The van der Waals surface area contributed by atoms with Gasteiger partial charge in [-0.05, 0) is 84.0 Å². The number of carbonyl (C=O) groups is 1. The van der Waals surface area contributed by atoms with Gasteiger partial charge in [-0.25, -0.2) is 0 Å². The molecule has 0 atom stereocenters. The number of hydrogen-bond donors (Lipinski definition) is 2. The van der Waals surface area contributed by atoms with E-state index in [9.17, 15) is 15.3 Å². The van der Waals surface area contributed by atoms with Gasteiger partial charge in [-0.2, -0.15) is 10.5 Å². The normalized spacial score (nSPS) is 10.7. The van der Waals surface area contributed by atoms with Gasteiger partial charge in [0.15, 0.2) is 0 Å². The molecule has 0 saturated carbocycles. The number of nitrogens with one attached hydrogen (secondary N) is 2. The van der Waals surface area contributed by atoms with E-state index in [2.05, 4.69) is 58.7 Å². The Hall–Kier alpha value is -6.63. The van der Waals surface area contributed by atoms with E-state index in [4.69, 9.17) is 42.1 Å². The average Bonchev–Trinajstić information content (AvgIpc) is 3.26. The van der Waals surface area contributed by atoms with Crippen LogP contribution in [0.5, 0.6) is 23.0 Å². The topological polar surface area (TPSA) is 151 Å². The van der Waals surface area contributed by atoms with Gasteiger partial charge in [-0.3, -0.25) is 14.8 Å². The molecule has 0 bridgehead atoms. The number of benzene rings is 4. The molecule has 2 N–H and O–H groups in total. The van der Waals surface area contributed by atoms with Crippen molar-refractivity contribution in [1.82, 2.24) is 20.6 Å². The summed E-state index contributed by atoms with van der Waals surface area (Å²) in [5, 5.41) is 25.5. The third-order valence-electron chi connectivity index (χ3n) is 9.92. The summed E-state index contributed by atoms with van der Waals surface area (Å²) in [6.07, 6.45) is 6.34. The van der Waals surface area contributed by atoms with Crippen molar-refractivity contribution in [3.63, 3.8) is 0 Å². The minimum Gasteiger partial charge on any atom is -0.488 e. The van der Waals surface area contributed by atoms with Gasteiger partial charge in [0.05, 0.1) is 21.2 Å². The van der Waals surface area contributed by atoms with E-state index in [1.807, 2.05) is 43.3 Å². The monoisotopic (exact) mass is 854 g/mol. The summed E-state index contributed by atoms with van der Waals surface area (Å²) in [6, 6.07) is 27.2. The number of amides is 1. The summed E-state index contributed by atoms with van der Waals surface area (Å²) in [5.74, 6) is 2.03. The first kappa shape index (κ1) is 43.9. The zero-order valence-electron chi connectivity index (χ0n) is 34.3. The van der Waals surface area contributed by atoms with Crippen LogP contribution in [0, 0.1) is 43.4 Å². The minimum atomic E-state index is -0.0970. The molecule has 61 heavy (non-hydrogen) atoms. The molecule has 11 nitrogen and oxygen atoms in total. The molecule has 2 heterocycles. The Balaban J connectivity index is 1.16. The lowest BCUT2D eigenvalue weighted by atomic mass is 9.92. The Labute approximate surface area is 365 Å². The second-order valence-corrected chi connectivity index (χ2v) is 15.1. The first-order valence-electron chi connectivity index (χ1n) is 19.5. The molecular weight excluding hydrogens is 811 g/mol. The van der Waals surface area contributed by atoms with Gasteiger partial charge in [0.2, 0.25) is 5.91 Å². The van der Waals surface area contributed by atoms with Crippen LogP contribution in [0.25, 0.3) is 11.1 Å². The summed E-state index contributed by atoms with van der Waals surface area (Å²) in [4.78, 5) is 19.6. The van der Waals surface area contributed by atoms with Crippen molar-refractivity contribution >= 4 is 29.1 Å². The SMILES string of the molecule is CC(=O)NCCNCc1cc(Cl)c(OCc2cccc(-c3cccc(COc4cc(OCc5cncc(C#N)c5)c(C)cc4Cl)c3C)c2C)cc1OCc1cncc(C#N)c1. The number of hydrogen-bond acceptors (Lipinski definition) is 10. The van der Waals surface area contributed by atoms with Crippen LogP contribution in [-0.4, -0.2) is 29.0 Å². The standard InChI is InChI=1S/C48H44Cl2N6O5/c1-30-13-43(49)47(17-45(30)58-26-36-14-34(19-51)21-54-23-36)60-28-38-7-5-9-41(31(38)2)42-10-6-8-39(32(42)3)29-61-48-18-46(59-27-37-15-35(20-52)22-55-24-37)40(16-44(48)50)25-53-11-12-56-33(4)57/h5-10,13-18,21-24,53H,11-12,25-29H2,1-4H3,(H,56,57). The zero-order chi connectivity index (χ0) is 43.3. The van der Waals surface area contributed by atoms with Crippen LogP contribution in [0.2, 0.25) is 10.0 Å². The molecule has 1 amide bonds. The molecule has 0 aliphatic carbocycles. The molecule has 0 radical (unpaired) electrons. The number of pyridine rings is 2. The van der Waals surface area contributed by atoms with E-state index in [1.54, 1.807) is 36.7 Å². The van der Waals surface area contributed by atoms with Crippen LogP contribution >= 0.6 is 23.2 Å². The highest BCUT2D eigenvalue weighted by Gasteiger charge is 2.16. The molecule has 0 unspecified atom stereocenters. The van der Waals surface area contributed by atoms with Gasteiger partial charge in [0.25, 0.3) is 0 Å². The molecule has 0 saturated heterocycles. The maximum atomic E-state index is 11.3. The molecule has 6 aromatic rings. The van der Waals surface area contributed by atoms with Gasteiger partial charge >= 0.3 is 0 Å². The highest BCUT2D eigenvalue weighted by Crippen LogP contribution is 2.37. The molecule has 4 aromatic carbocycles. The predicted octanol–water partition coefficient (Wildman–Crippen LogP) is 9.66. The number of aromatic nitrogens is 2. The molecule has 6 rings (SSSR count). The van der Waals surface area contributed by atoms with E-state index in [0.29, 0.717) is 63.8 Å². The van der Waals surface area contributed by atoms with Crippen molar-refractivity contribution in [3.05, 3.63) is 163 Å². The fourth-order valence-electron chi connectivity index (χ4n) is 6.56. The molecule has 0 spiro atoms. The first-order valence-corrected chi connectivity index (χ1v) is 20.2. The lowest BCUT2D eigenvalue weighted by molar-refractivity contribution is -0.118. The number of ether oxygens (including phenoxy) is 4. The summed E-state index contributed by atoms with van der Waals surface area (Å²) < 4.78 is 25.0. The van der Waals surface area contributed by atoms with Crippen molar-refractivity contribution < 1.29 is 23.7 Å². The number of aryl methyl sites for hydroxylation is 1. The van der Waals surface area contributed by atoms with E-state index < -0.39 is 0 Å². The molecule has 0 aliphatic heterocycles. The molecule has 0 aliphatic rings. The number of halogens is 2. The van der Waals surface area contributed by atoms with Gasteiger partial charge in [-0.15, -0.1) is 0 Å². The summed E-state index contributed by atoms with van der Waals surface area (Å²) in [6.45, 7) is 9.95. The zero-order valence-corrected chi connectivity index (χ0v) is 35.8. The molecule has 13 heteroatoms. The quantitative estimate of drug-likeness (QED) is 0.0800. The second-order valence-electron chi connectivity index (χ2n) is 14.3. The number of nitrogens with zero attached hydrogens (tertiary/aromatic N) is 4. The largest absolute Gasteiger partial charge is 0.488 e. The van der Waals surface area contributed by atoms with Crippen molar-refractivity contribution in [3.8, 4) is 46.3 Å². The summed E-state index contributed by atoms with van der Waals surface area (Å²) in [7, 11) is 0. The Morgan fingerprint density at radius 1 is 0.623 bits per heavy atom. The Morgan fingerprint density at radius 2 is 1.13 bits per heavy atom. The van der Waals surface area contributed by atoms with Crippen molar-refractivity contribution in [2.24, 2.45) is 0 Å². The van der Waals surface area contributed by atoms with E-state index >= 15 is 0 Å². The van der Waals surface area contributed by atoms with Gasteiger partial charge in [-0.1, -0.05) is 59.6 Å². The van der Waals surface area contributed by atoms with Crippen LogP contribution in [0.1, 0.15) is 62.6 Å². The fourth-order valence-corrected chi connectivity index (χ4v) is 7.07. The third kappa shape index (κ3) is 11.8. The highest BCUT2D eigenvalue weighted by molar-refractivity contribution is 6.32. The predicted molar refractivity (Wildman–Crippen MR) is 235 cm³/mol. The lowest BCUT2D eigenvalue weighted by Gasteiger charge is -2.19. The van der Waals surface area contributed by atoms with Crippen molar-refractivity contribution in [2.45, 2.75) is 60.7 Å². The van der Waals surface area contributed by atoms with E-state index in [0.717, 1.165) is 55.6 Å².